The minimum Gasteiger partial charge on any atom is -0.354 e. The summed E-state index contributed by atoms with van der Waals surface area (Å²) in [4.78, 5) is 16.2. The Labute approximate surface area is 121 Å². The number of anilines is 1. The lowest BCUT2D eigenvalue weighted by molar-refractivity contribution is -0.121. The fourth-order valence-electron chi connectivity index (χ4n) is 1.63. The average molecular weight is 298 g/mol. The number of nitrogens with one attached hydrogen (secondary N) is 2. The third-order valence-corrected chi connectivity index (χ3v) is 4.11. The number of halogens is 1. The Balaban J connectivity index is 2.09. The van der Waals surface area contributed by atoms with E-state index in [2.05, 4.69) is 15.6 Å². The van der Waals surface area contributed by atoms with Gasteiger partial charge in [0.05, 0.1) is 15.2 Å². The average Bonchev–Trinajstić information content (AvgIpc) is 2.79. The second-order valence-electron chi connectivity index (χ2n) is 4.26. The zero-order chi connectivity index (χ0) is 13.8. The van der Waals surface area contributed by atoms with Crippen LogP contribution in [0.4, 0.5) is 5.13 Å². The Morgan fingerprint density at radius 2 is 2.32 bits per heavy atom. The van der Waals surface area contributed by atoms with Crippen molar-refractivity contribution < 1.29 is 4.79 Å². The Morgan fingerprint density at radius 1 is 1.53 bits per heavy atom. The fraction of sp³-hybridized carbons (Fsp3) is 0.385. The molecule has 6 heteroatoms. The van der Waals surface area contributed by atoms with E-state index in [0.29, 0.717) is 16.7 Å². The van der Waals surface area contributed by atoms with Gasteiger partial charge >= 0.3 is 0 Å². The number of rotatable bonds is 5. The Morgan fingerprint density at radius 3 is 3.00 bits per heavy atom. The molecule has 102 valence electrons. The summed E-state index contributed by atoms with van der Waals surface area (Å²) in [5.74, 6) is -0.0211. The second-order valence-corrected chi connectivity index (χ2v) is 5.67. The molecule has 0 fully saturated rings. The van der Waals surface area contributed by atoms with Crippen LogP contribution in [0, 0.1) is 0 Å². The van der Waals surface area contributed by atoms with Crippen molar-refractivity contribution >= 4 is 44.2 Å². The van der Waals surface area contributed by atoms with Gasteiger partial charge in [-0.15, -0.1) is 0 Å². The molecule has 1 atom stereocenters. The van der Waals surface area contributed by atoms with E-state index >= 15 is 0 Å². The lowest BCUT2D eigenvalue weighted by atomic mass is 10.3. The van der Waals surface area contributed by atoms with Crippen molar-refractivity contribution in [2.45, 2.75) is 26.3 Å². The van der Waals surface area contributed by atoms with E-state index in [0.717, 1.165) is 16.6 Å². The summed E-state index contributed by atoms with van der Waals surface area (Å²) in [7, 11) is 0. The Bertz CT molecular complexity index is 584. The second kappa shape index (κ2) is 6.21. The lowest BCUT2D eigenvalue weighted by Crippen LogP contribution is -2.37. The quantitative estimate of drug-likeness (QED) is 0.890. The van der Waals surface area contributed by atoms with Crippen LogP contribution < -0.4 is 10.6 Å². The summed E-state index contributed by atoms with van der Waals surface area (Å²) in [6.45, 7) is 4.53. The van der Waals surface area contributed by atoms with Crippen LogP contribution >= 0.6 is 22.9 Å². The van der Waals surface area contributed by atoms with E-state index in [1.54, 1.807) is 0 Å². The summed E-state index contributed by atoms with van der Waals surface area (Å²) in [6, 6.07) is 5.30. The summed E-state index contributed by atoms with van der Waals surface area (Å²) in [5, 5.41) is 7.35. The largest absolute Gasteiger partial charge is 0.354 e. The smallest absolute Gasteiger partial charge is 0.242 e. The molecule has 0 aliphatic carbocycles. The molecule has 0 spiro atoms. The molecule has 19 heavy (non-hydrogen) atoms. The van der Waals surface area contributed by atoms with Gasteiger partial charge in [-0.1, -0.05) is 35.9 Å². The first-order chi connectivity index (χ1) is 9.11. The monoisotopic (exact) mass is 297 g/mol. The van der Waals surface area contributed by atoms with Crippen LogP contribution in [0.5, 0.6) is 0 Å². The van der Waals surface area contributed by atoms with E-state index in [9.17, 15) is 4.79 Å². The highest BCUT2D eigenvalue weighted by atomic mass is 35.5. The molecule has 2 rings (SSSR count). The number of hydrogen-bond donors (Lipinski definition) is 2. The molecule has 1 heterocycles. The van der Waals surface area contributed by atoms with Crippen molar-refractivity contribution in [1.29, 1.82) is 0 Å². The minimum absolute atomic E-state index is 0.0211. The maximum Gasteiger partial charge on any atom is 0.242 e. The van der Waals surface area contributed by atoms with Crippen LogP contribution in [0.2, 0.25) is 5.02 Å². The molecule has 0 saturated carbocycles. The predicted molar refractivity (Wildman–Crippen MR) is 81.0 cm³/mol. The third-order valence-electron chi connectivity index (χ3n) is 2.65. The van der Waals surface area contributed by atoms with E-state index in [-0.39, 0.29) is 11.9 Å². The topological polar surface area (TPSA) is 54.0 Å². The van der Waals surface area contributed by atoms with Gasteiger partial charge in [-0.25, -0.2) is 4.98 Å². The Hall–Kier alpha value is -1.33. The summed E-state index contributed by atoms with van der Waals surface area (Å²) < 4.78 is 0.938. The van der Waals surface area contributed by atoms with Crippen molar-refractivity contribution in [3.05, 3.63) is 23.2 Å². The molecular formula is C13H16ClN3OS. The molecule has 2 aromatic rings. The van der Waals surface area contributed by atoms with Crippen LogP contribution in [-0.4, -0.2) is 23.5 Å². The zero-order valence-corrected chi connectivity index (χ0v) is 12.4. The van der Waals surface area contributed by atoms with Gasteiger partial charge in [0.25, 0.3) is 0 Å². The first-order valence-electron chi connectivity index (χ1n) is 6.21. The normalized spacial score (nSPS) is 12.4. The van der Waals surface area contributed by atoms with E-state index in [1.165, 1.54) is 11.3 Å². The first kappa shape index (κ1) is 14.1. The van der Waals surface area contributed by atoms with Gasteiger partial charge in [-0.2, -0.15) is 0 Å². The van der Waals surface area contributed by atoms with E-state index in [1.807, 2.05) is 32.0 Å². The molecule has 0 bridgehead atoms. The van der Waals surface area contributed by atoms with Crippen molar-refractivity contribution in [1.82, 2.24) is 10.3 Å². The third kappa shape index (κ3) is 3.36. The minimum atomic E-state index is -0.314. The van der Waals surface area contributed by atoms with Crippen LogP contribution in [0.25, 0.3) is 10.2 Å². The summed E-state index contributed by atoms with van der Waals surface area (Å²) in [6.07, 6.45) is 0.926. The molecule has 1 amide bonds. The number of amides is 1. The summed E-state index contributed by atoms with van der Waals surface area (Å²) in [5.41, 5.74) is 0.848. The number of hydrogen-bond acceptors (Lipinski definition) is 4. The number of nitrogens with zero attached hydrogens (tertiary/aromatic N) is 1. The van der Waals surface area contributed by atoms with Crippen molar-refractivity contribution in [3.63, 3.8) is 0 Å². The highest BCUT2D eigenvalue weighted by molar-refractivity contribution is 7.22. The number of fused-ring (bicyclic) bond motifs is 1. The molecule has 1 unspecified atom stereocenters. The fourth-order valence-corrected chi connectivity index (χ4v) is 2.87. The zero-order valence-electron chi connectivity index (χ0n) is 10.9. The number of carbonyl (C=O) groups excluding carboxylic acids is 1. The molecular weight excluding hydrogens is 282 g/mol. The maximum absolute atomic E-state index is 11.8. The van der Waals surface area contributed by atoms with Crippen molar-refractivity contribution in [2.24, 2.45) is 0 Å². The van der Waals surface area contributed by atoms with Gasteiger partial charge < -0.3 is 10.6 Å². The van der Waals surface area contributed by atoms with Crippen molar-refractivity contribution in [2.75, 3.05) is 11.9 Å². The number of benzene rings is 1. The molecule has 1 aromatic carbocycles. The Kier molecular flexibility index (Phi) is 4.61. The van der Waals surface area contributed by atoms with E-state index < -0.39 is 0 Å². The van der Waals surface area contributed by atoms with Crippen LogP contribution in [0.15, 0.2) is 18.2 Å². The van der Waals surface area contributed by atoms with Crippen LogP contribution in [0.3, 0.4) is 0 Å². The van der Waals surface area contributed by atoms with Gasteiger partial charge in [0, 0.05) is 6.54 Å². The highest BCUT2D eigenvalue weighted by Crippen LogP contribution is 2.31. The van der Waals surface area contributed by atoms with Gasteiger partial charge in [-0.05, 0) is 25.5 Å². The van der Waals surface area contributed by atoms with Crippen molar-refractivity contribution in [3.8, 4) is 0 Å². The van der Waals surface area contributed by atoms with Gasteiger partial charge in [0.2, 0.25) is 5.91 Å². The highest BCUT2D eigenvalue weighted by Gasteiger charge is 2.14. The number of aromatic nitrogens is 1. The van der Waals surface area contributed by atoms with Gasteiger partial charge in [0.15, 0.2) is 5.13 Å². The van der Waals surface area contributed by atoms with Gasteiger partial charge in [0.1, 0.15) is 6.04 Å². The maximum atomic E-state index is 11.8. The molecule has 0 aliphatic heterocycles. The lowest BCUT2D eigenvalue weighted by Gasteiger charge is -2.12. The molecule has 4 nitrogen and oxygen atoms in total. The first-order valence-corrected chi connectivity index (χ1v) is 7.40. The molecule has 0 aliphatic rings. The SMILES string of the molecule is CCCNC(=O)C(C)Nc1nc2cccc(Cl)c2s1. The van der Waals surface area contributed by atoms with Crippen LogP contribution in [0.1, 0.15) is 20.3 Å². The standard InChI is InChI=1S/C13H16ClN3OS/c1-3-7-15-12(18)8(2)16-13-17-10-6-4-5-9(14)11(10)19-13/h4-6,8H,3,7H2,1-2H3,(H,15,18)(H,16,17). The molecule has 2 N–H and O–H groups in total. The molecule has 0 radical (unpaired) electrons. The molecule has 1 aromatic heterocycles. The number of thiazole rings is 1. The molecule has 0 saturated heterocycles. The van der Waals surface area contributed by atoms with Crippen LogP contribution in [-0.2, 0) is 4.79 Å². The number of carbonyl (C=O) groups is 1. The van der Waals surface area contributed by atoms with E-state index in [4.69, 9.17) is 11.6 Å². The van der Waals surface area contributed by atoms with Gasteiger partial charge in [-0.3, -0.25) is 4.79 Å². The summed E-state index contributed by atoms with van der Waals surface area (Å²) >= 11 is 7.56. The predicted octanol–water partition coefficient (Wildman–Crippen LogP) is 3.28.